The molecule has 0 spiro atoms. The van der Waals surface area contributed by atoms with Gasteiger partial charge in [-0.25, -0.2) is 0 Å². The second-order valence-corrected chi connectivity index (χ2v) is 24.8. The molecule has 0 fully saturated rings. The third-order valence-corrected chi connectivity index (χ3v) is 15.8. The van der Waals surface area contributed by atoms with Gasteiger partial charge in [0.2, 0.25) is 0 Å². The number of aromatic nitrogens is 2. The van der Waals surface area contributed by atoms with Crippen molar-refractivity contribution in [2.45, 2.75) is 105 Å². The van der Waals surface area contributed by atoms with Crippen LogP contribution in [0.2, 0.25) is 0 Å². The Morgan fingerprint density at radius 2 is 0.597 bits per heavy atom. The molecule has 1 N–H and O–H groups in total. The van der Waals surface area contributed by atoms with Crippen LogP contribution in [0.5, 0.6) is 0 Å². The molecule has 72 heavy (non-hydrogen) atoms. The molecular weight excluding hydrogens is 869 g/mol. The van der Waals surface area contributed by atoms with Crippen molar-refractivity contribution in [1.29, 1.82) is 0 Å². The van der Waals surface area contributed by atoms with Gasteiger partial charge < -0.3 is 9.38 Å². The van der Waals surface area contributed by atoms with Crippen LogP contribution in [0.15, 0.2) is 176 Å². The number of nitrogens with zero attached hydrogens (tertiary/aromatic N) is 1. The second-order valence-electron chi connectivity index (χ2n) is 24.8. The van der Waals surface area contributed by atoms with Gasteiger partial charge in [-0.3, -0.25) is 0 Å². The summed E-state index contributed by atoms with van der Waals surface area (Å²) in [6, 6.07) is 67.5. The molecule has 12 rings (SSSR count). The van der Waals surface area contributed by atoms with E-state index >= 15 is 0 Å². The summed E-state index contributed by atoms with van der Waals surface area (Å²) in [4.78, 5) is 4.13. The number of nitrogens with one attached hydrogen (secondary N) is 1. The maximum atomic E-state index is 4.13. The van der Waals surface area contributed by atoms with Crippen molar-refractivity contribution in [3.8, 4) is 55.6 Å². The van der Waals surface area contributed by atoms with E-state index in [2.05, 4.69) is 268 Å². The summed E-state index contributed by atoms with van der Waals surface area (Å²) in [5, 5.41) is 7.60. The molecule has 0 atom stereocenters. The van der Waals surface area contributed by atoms with Crippen LogP contribution in [0.25, 0.3) is 116 Å². The average Bonchev–Trinajstić information content (AvgIpc) is 4.01. The summed E-state index contributed by atoms with van der Waals surface area (Å²) < 4.78 is 2.60. The summed E-state index contributed by atoms with van der Waals surface area (Å²) in [6.45, 7) is 27.4. The molecule has 2 nitrogen and oxygen atoms in total. The van der Waals surface area contributed by atoms with E-state index in [1.807, 2.05) is 0 Å². The first-order chi connectivity index (χ1) is 34.2. The first-order valence-electron chi connectivity index (χ1n) is 26.0. The van der Waals surface area contributed by atoms with E-state index in [0.717, 1.165) is 5.52 Å². The lowest BCUT2D eigenvalue weighted by Crippen LogP contribution is -2.10. The number of benzene rings is 9. The van der Waals surface area contributed by atoms with Crippen LogP contribution >= 0.6 is 0 Å². The SMILES string of the molecule is CC(C)(C)c1ccc(-c2ccc(-c3c4[nH]c5cc(-c6ccc(C(C)(C)C)cc6)ccc5c4c4c5ccc(-c6ccc(C(C)(C)C)cc6)cc5n5c6cc(-c7ccc(C(C)(C)C)cc7)ccc6c3c45)cc2)cc1. The Balaban J connectivity index is 1.15. The second kappa shape index (κ2) is 16.0. The van der Waals surface area contributed by atoms with E-state index in [1.54, 1.807) is 0 Å². The van der Waals surface area contributed by atoms with Crippen molar-refractivity contribution in [1.82, 2.24) is 9.38 Å². The highest BCUT2D eigenvalue weighted by Gasteiger charge is 2.28. The third-order valence-electron chi connectivity index (χ3n) is 15.8. The fraction of sp³-hybridized carbons (Fsp3) is 0.229. The standard InChI is InChI=1S/C70H66N2/c1-67(2,3)51-28-17-43(18-29-51)42-13-15-47(16-14-42)61-63-56-37-26-49(45-21-32-53(33-22-45)69(7,8)9)40-59(56)72-60-41-50(46-23-34-54(35-24-46)70(10,11)12)27-38-57(60)64(66(63)72)62-55-36-25-48(39-58(55)71-65(61)62)44-19-30-52(31-20-44)68(4,5)6/h13-41,71H,1-12H3. The molecule has 12 aromatic rings. The Morgan fingerprint density at radius 3 is 0.986 bits per heavy atom. The number of hydrogen-bond acceptors (Lipinski definition) is 0. The van der Waals surface area contributed by atoms with E-state index in [9.17, 15) is 0 Å². The summed E-state index contributed by atoms with van der Waals surface area (Å²) in [7, 11) is 0. The van der Waals surface area contributed by atoms with Crippen LogP contribution in [0.1, 0.15) is 105 Å². The minimum atomic E-state index is 0.0797. The minimum absolute atomic E-state index is 0.0797. The van der Waals surface area contributed by atoms with Gasteiger partial charge in [-0.2, -0.15) is 0 Å². The van der Waals surface area contributed by atoms with Gasteiger partial charge in [0.05, 0.1) is 22.1 Å². The zero-order valence-electron chi connectivity index (χ0n) is 44.2. The monoisotopic (exact) mass is 935 g/mol. The Hall–Kier alpha value is -7.42. The van der Waals surface area contributed by atoms with Crippen LogP contribution < -0.4 is 0 Å². The summed E-state index contributed by atoms with van der Waals surface area (Å²) in [6.07, 6.45) is 0. The largest absolute Gasteiger partial charge is 0.354 e. The molecule has 0 bridgehead atoms. The lowest BCUT2D eigenvalue weighted by molar-refractivity contribution is 0.590. The van der Waals surface area contributed by atoms with Gasteiger partial charge in [0, 0.05) is 43.4 Å². The highest BCUT2D eigenvalue weighted by Crippen LogP contribution is 2.52. The van der Waals surface area contributed by atoms with Gasteiger partial charge in [0.25, 0.3) is 0 Å². The Labute approximate surface area is 425 Å². The van der Waals surface area contributed by atoms with Crippen molar-refractivity contribution in [3.63, 3.8) is 0 Å². The van der Waals surface area contributed by atoms with Crippen LogP contribution in [0.4, 0.5) is 0 Å². The topological polar surface area (TPSA) is 20.2 Å². The molecule has 0 amide bonds. The van der Waals surface area contributed by atoms with Gasteiger partial charge in [0.1, 0.15) is 0 Å². The average molecular weight is 935 g/mol. The highest BCUT2D eigenvalue weighted by molar-refractivity contribution is 6.40. The smallest absolute Gasteiger partial charge is 0.0634 e. The Kier molecular flexibility index (Phi) is 10.2. The quantitative estimate of drug-likeness (QED) is 0.177. The first kappa shape index (κ1) is 45.7. The normalized spacial score (nSPS) is 13.0. The van der Waals surface area contributed by atoms with Crippen LogP contribution in [-0.2, 0) is 21.7 Å². The molecule has 0 unspecified atom stereocenters. The van der Waals surface area contributed by atoms with E-state index in [4.69, 9.17) is 0 Å². The zero-order chi connectivity index (χ0) is 50.2. The number of aromatic amines is 1. The fourth-order valence-corrected chi connectivity index (χ4v) is 11.4. The predicted octanol–water partition coefficient (Wildman–Crippen LogP) is 20.0. The van der Waals surface area contributed by atoms with Crippen LogP contribution in [0, 0.1) is 0 Å². The lowest BCUT2D eigenvalue weighted by atomic mass is 9.86. The summed E-state index contributed by atoms with van der Waals surface area (Å²) in [5.74, 6) is 0. The summed E-state index contributed by atoms with van der Waals surface area (Å²) >= 11 is 0. The van der Waals surface area contributed by atoms with E-state index in [-0.39, 0.29) is 21.7 Å². The molecule has 0 aliphatic heterocycles. The van der Waals surface area contributed by atoms with Gasteiger partial charge in [0.15, 0.2) is 0 Å². The van der Waals surface area contributed by atoms with E-state index in [0.29, 0.717) is 0 Å². The third kappa shape index (κ3) is 7.53. The zero-order valence-corrected chi connectivity index (χ0v) is 44.2. The fourth-order valence-electron chi connectivity index (χ4n) is 11.4. The van der Waals surface area contributed by atoms with Crippen LogP contribution in [-0.4, -0.2) is 9.38 Å². The Bertz CT molecular complexity index is 4030. The molecule has 0 aliphatic rings. The van der Waals surface area contributed by atoms with Crippen molar-refractivity contribution in [3.05, 3.63) is 198 Å². The molecule has 9 aromatic carbocycles. The van der Waals surface area contributed by atoms with Gasteiger partial charge in [-0.1, -0.05) is 241 Å². The number of H-pyrrole nitrogens is 1. The maximum Gasteiger partial charge on any atom is 0.0634 e. The van der Waals surface area contributed by atoms with Crippen molar-refractivity contribution < 1.29 is 0 Å². The molecule has 3 heterocycles. The minimum Gasteiger partial charge on any atom is -0.354 e. The molecular formula is C70H66N2. The summed E-state index contributed by atoms with van der Waals surface area (Å²) in [5.41, 5.74) is 23.9. The van der Waals surface area contributed by atoms with E-state index < -0.39 is 0 Å². The van der Waals surface area contributed by atoms with E-state index in [1.165, 1.54) is 132 Å². The van der Waals surface area contributed by atoms with Gasteiger partial charge >= 0.3 is 0 Å². The number of fused-ring (bicyclic) bond motifs is 10. The molecule has 2 heteroatoms. The van der Waals surface area contributed by atoms with Crippen molar-refractivity contribution in [2.24, 2.45) is 0 Å². The molecule has 0 aliphatic carbocycles. The highest BCUT2D eigenvalue weighted by atomic mass is 14.9. The van der Waals surface area contributed by atoms with Crippen LogP contribution in [0.3, 0.4) is 0 Å². The van der Waals surface area contributed by atoms with Gasteiger partial charge in [-0.15, -0.1) is 0 Å². The van der Waals surface area contributed by atoms with Crippen molar-refractivity contribution >= 4 is 59.9 Å². The predicted molar refractivity (Wildman–Crippen MR) is 312 cm³/mol. The maximum absolute atomic E-state index is 4.13. The first-order valence-corrected chi connectivity index (χ1v) is 26.0. The molecule has 3 aromatic heterocycles. The molecule has 356 valence electrons. The number of rotatable bonds is 5. The molecule has 0 saturated carbocycles. The van der Waals surface area contributed by atoms with Gasteiger partial charge in [-0.05, 0) is 112 Å². The van der Waals surface area contributed by atoms with Crippen molar-refractivity contribution in [2.75, 3.05) is 0 Å². The Morgan fingerprint density at radius 1 is 0.292 bits per heavy atom. The molecule has 0 radical (unpaired) electrons. The number of hydrogen-bond donors (Lipinski definition) is 1. The lowest BCUT2D eigenvalue weighted by Gasteiger charge is -2.19. The molecule has 0 saturated heterocycles.